The fourth-order valence-corrected chi connectivity index (χ4v) is 5.76. The molecule has 0 atom stereocenters. The number of benzene rings is 2. The second kappa shape index (κ2) is 9.73. The zero-order valence-corrected chi connectivity index (χ0v) is 20.4. The highest BCUT2D eigenvalue weighted by Gasteiger charge is 2.28. The maximum absolute atomic E-state index is 13.1. The summed E-state index contributed by atoms with van der Waals surface area (Å²) in [6.07, 6.45) is 5.40. The Morgan fingerprint density at radius 3 is 2.34 bits per heavy atom. The topological polar surface area (TPSA) is 93.3 Å². The maximum Gasteiger partial charge on any atom is 0.296 e. The maximum atomic E-state index is 13.1. The summed E-state index contributed by atoms with van der Waals surface area (Å²) in [5.74, 6) is 0. The van der Waals surface area contributed by atoms with Gasteiger partial charge in [0, 0.05) is 37.8 Å². The van der Waals surface area contributed by atoms with Crippen molar-refractivity contribution in [1.29, 1.82) is 0 Å². The average Bonchev–Trinajstić information content (AvgIpc) is 3.33. The normalized spacial score (nSPS) is 15.6. The lowest BCUT2D eigenvalue weighted by Crippen LogP contribution is -2.49. The predicted molar refractivity (Wildman–Crippen MR) is 134 cm³/mol. The third-order valence-electron chi connectivity index (χ3n) is 6.30. The summed E-state index contributed by atoms with van der Waals surface area (Å²) in [7, 11) is -3.54. The third kappa shape index (κ3) is 4.77. The standard InChI is InChI=1S/C25H28N6O3S/c1-2-6-20-9-11-23(12-10-20)35(33,34)29-15-13-28(14-16-29)19-31-25(32)24-21(17-26-31)18-30(27-24)22-7-4-3-5-8-22/h3-5,7-12,17-18H,2,6,13-16,19H2,1H3. The van der Waals surface area contributed by atoms with Crippen LogP contribution in [0.15, 0.2) is 76.7 Å². The van der Waals surface area contributed by atoms with Gasteiger partial charge in [-0.2, -0.15) is 14.5 Å². The molecule has 182 valence electrons. The summed E-state index contributed by atoms with van der Waals surface area (Å²) in [5, 5.41) is 9.47. The summed E-state index contributed by atoms with van der Waals surface area (Å²) >= 11 is 0. The molecular weight excluding hydrogens is 464 g/mol. The monoisotopic (exact) mass is 492 g/mol. The number of rotatable bonds is 7. The first kappa shape index (κ1) is 23.4. The number of para-hydroxylation sites is 1. The van der Waals surface area contributed by atoms with Crippen molar-refractivity contribution in [1.82, 2.24) is 28.8 Å². The van der Waals surface area contributed by atoms with Crippen molar-refractivity contribution in [2.24, 2.45) is 0 Å². The molecule has 35 heavy (non-hydrogen) atoms. The zero-order chi connectivity index (χ0) is 24.4. The number of hydrogen-bond donors (Lipinski definition) is 0. The number of aromatic nitrogens is 4. The van der Waals surface area contributed by atoms with E-state index < -0.39 is 10.0 Å². The van der Waals surface area contributed by atoms with Crippen molar-refractivity contribution in [3.63, 3.8) is 0 Å². The summed E-state index contributed by atoms with van der Waals surface area (Å²) in [6, 6.07) is 16.8. The lowest BCUT2D eigenvalue weighted by molar-refractivity contribution is 0.143. The van der Waals surface area contributed by atoms with Crippen LogP contribution < -0.4 is 5.56 Å². The molecule has 2 aromatic heterocycles. The van der Waals surface area contributed by atoms with E-state index in [4.69, 9.17) is 0 Å². The fourth-order valence-electron chi connectivity index (χ4n) is 4.33. The van der Waals surface area contributed by atoms with Gasteiger partial charge in [0.25, 0.3) is 5.56 Å². The molecule has 1 fully saturated rings. The van der Waals surface area contributed by atoms with Crippen molar-refractivity contribution in [2.45, 2.75) is 31.3 Å². The third-order valence-corrected chi connectivity index (χ3v) is 8.21. The Morgan fingerprint density at radius 1 is 0.943 bits per heavy atom. The molecule has 0 amide bonds. The molecule has 0 spiro atoms. The average molecular weight is 493 g/mol. The zero-order valence-electron chi connectivity index (χ0n) is 19.6. The highest BCUT2D eigenvalue weighted by atomic mass is 32.2. The van der Waals surface area contributed by atoms with Gasteiger partial charge in [-0.1, -0.05) is 43.7 Å². The van der Waals surface area contributed by atoms with E-state index in [-0.39, 0.29) is 12.2 Å². The molecule has 0 bridgehead atoms. The van der Waals surface area contributed by atoms with Crippen molar-refractivity contribution in [2.75, 3.05) is 26.2 Å². The van der Waals surface area contributed by atoms with Crippen LogP contribution in [-0.4, -0.2) is 63.4 Å². The first-order valence-electron chi connectivity index (χ1n) is 11.8. The molecule has 0 N–H and O–H groups in total. The summed E-state index contributed by atoms with van der Waals surface area (Å²) in [6.45, 7) is 4.13. The van der Waals surface area contributed by atoms with E-state index >= 15 is 0 Å². The van der Waals surface area contributed by atoms with Gasteiger partial charge in [0.2, 0.25) is 10.0 Å². The van der Waals surface area contributed by atoms with Gasteiger partial charge >= 0.3 is 0 Å². The minimum absolute atomic E-state index is 0.264. The largest absolute Gasteiger partial charge is 0.296 e. The van der Waals surface area contributed by atoms with Gasteiger partial charge in [0.15, 0.2) is 5.52 Å². The van der Waals surface area contributed by atoms with Gasteiger partial charge < -0.3 is 0 Å². The van der Waals surface area contributed by atoms with Crippen LogP contribution >= 0.6 is 0 Å². The summed E-state index contributed by atoms with van der Waals surface area (Å²) < 4.78 is 30.7. The first-order valence-corrected chi connectivity index (χ1v) is 13.2. The SMILES string of the molecule is CCCc1ccc(S(=O)(=O)N2CCN(Cn3ncc4cn(-c5ccccc5)nc4c3=O)CC2)cc1. The van der Waals surface area contributed by atoms with Crippen LogP contribution in [0.4, 0.5) is 0 Å². The second-order valence-corrected chi connectivity index (χ2v) is 10.7. The summed E-state index contributed by atoms with van der Waals surface area (Å²) in [5.41, 5.74) is 2.10. The number of fused-ring (bicyclic) bond motifs is 1. The van der Waals surface area contributed by atoms with Gasteiger partial charge in [-0.15, -0.1) is 0 Å². The highest BCUT2D eigenvalue weighted by molar-refractivity contribution is 7.89. The van der Waals surface area contributed by atoms with E-state index in [2.05, 4.69) is 17.1 Å². The minimum Gasteiger partial charge on any atom is -0.282 e. The van der Waals surface area contributed by atoms with Crippen LogP contribution in [0.1, 0.15) is 18.9 Å². The lowest BCUT2D eigenvalue weighted by atomic mass is 10.1. The van der Waals surface area contributed by atoms with Gasteiger partial charge in [0.1, 0.15) is 0 Å². The Kier molecular flexibility index (Phi) is 6.50. The molecule has 1 aliphatic rings. The highest BCUT2D eigenvalue weighted by Crippen LogP contribution is 2.19. The van der Waals surface area contributed by atoms with Crippen molar-refractivity contribution < 1.29 is 8.42 Å². The molecule has 5 rings (SSSR count). The van der Waals surface area contributed by atoms with E-state index in [1.807, 2.05) is 47.4 Å². The molecule has 0 unspecified atom stereocenters. The predicted octanol–water partition coefficient (Wildman–Crippen LogP) is 2.50. The quantitative estimate of drug-likeness (QED) is 0.394. The summed E-state index contributed by atoms with van der Waals surface area (Å²) in [4.78, 5) is 15.4. The number of piperazine rings is 1. The number of nitrogens with zero attached hydrogens (tertiary/aromatic N) is 6. The molecule has 0 aliphatic carbocycles. The number of sulfonamides is 1. The van der Waals surface area contributed by atoms with Crippen molar-refractivity contribution in [3.05, 3.63) is 82.9 Å². The molecule has 1 saturated heterocycles. The molecule has 10 heteroatoms. The van der Waals surface area contributed by atoms with Gasteiger partial charge in [-0.25, -0.2) is 17.8 Å². The van der Waals surface area contributed by atoms with E-state index in [1.54, 1.807) is 29.2 Å². The fraction of sp³-hybridized carbons (Fsp3) is 0.320. The number of aryl methyl sites for hydroxylation is 1. The van der Waals surface area contributed by atoms with Gasteiger partial charge in [0.05, 0.1) is 23.4 Å². The molecule has 4 aromatic rings. The Morgan fingerprint density at radius 2 is 1.66 bits per heavy atom. The Labute approximate surface area is 204 Å². The molecule has 0 radical (unpaired) electrons. The van der Waals surface area contributed by atoms with E-state index in [0.717, 1.165) is 24.1 Å². The van der Waals surface area contributed by atoms with Crippen LogP contribution in [0.3, 0.4) is 0 Å². The molecule has 2 aromatic carbocycles. The van der Waals surface area contributed by atoms with E-state index in [1.165, 1.54) is 8.99 Å². The van der Waals surface area contributed by atoms with Crippen LogP contribution in [-0.2, 0) is 23.1 Å². The van der Waals surface area contributed by atoms with Crippen molar-refractivity contribution in [3.8, 4) is 5.69 Å². The van der Waals surface area contributed by atoms with E-state index in [0.29, 0.717) is 42.0 Å². The number of hydrogen-bond acceptors (Lipinski definition) is 6. The smallest absolute Gasteiger partial charge is 0.282 e. The first-order chi connectivity index (χ1) is 17.0. The second-order valence-electron chi connectivity index (χ2n) is 8.72. The molecular formula is C25H28N6O3S. The Hall–Kier alpha value is -3.34. The van der Waals surface area contributed by atoms with Gasteiger partial charge in [-0.05, 0) is 36.2 Å². The Balaban J connectivity index is 1.26. The van der Waals surface area contributed by atoms with Crippen molar-refractivity contribution >= 4 is 20.9 Å². The molecule has 9 nitrogen and oxygen atoms in total. The molecule has 0 saturated carbocycles. The van der Waals surface area contributed by atoms with Crippen LogP contribution in [0.25, 0.3) is 16.6 Å². The molecule has 1 aliphatic heterocycles. The minimum atomic E-state index is -3.54. The lowest BCUT2D eigenvalue weighted by Gasteiger charge is -2.33. The van der Waals surface area contributed by atoms with Crippen LogP contribution in [0.5, 0.6) is 0 Å². The van der Waals surface area contributed by atoms with Crippen LogP contribution in [0.2, 0.25) is 0 Å². The molecule has 3 heterocycles. The van der Waals surface area contributed by atoms with E-state index in [9.17, 15) is 13.2 Å². The Bertz CT molecular complexity index is 1470. The van der Waals surface area contributed by atoms with Gasteiger partial charge in [-0.3, -0.25) is 9.69 Å². The van der Waals surface area contributed by atoms with Crippen LogP contribution in [0, 0.1) is 0 Å².